The average Bonchev–Trinajstić information content (AvgIpc) is 3.25. The number of halogens is 1. The summed E-state index contributed by atoms with van der Waals surface area (Å²) in [5.41, 5.74) is 0. The molecule has 1 aromatic carbocycles. The Morgan fingerprint density at radius 1 is 1.08 bits per heavy atom. The third-order valence-corrected chi connectivity index (χ3v) is 3.92. The first-order valence-electron chi connectivity index (χ1n) is 7.84. The minimum Gasteiger partial charge on any atom is -0.482 e. The molecule has 3 rings (SSSR count). The molecular weight excluding hydrogens is 342 g/mol. The number of ether oxygens (including phenoxy) is 1. The predicted molar refractivity (Wildman–Crippen MR) is 93.4 cm³/mol. The Labute approximate surface area is 150 Å². The normalized spacial score (nSPS) is 10.6. The molecule has 25 heavy (non-hydrogen) atoms. The maximum atomic E-state index is 12.6. The lowest BCUT2D eigenvalue weighted by Gasteiger charge is -2.21. The minimum absolute atomic E-state index is 0.121. The molecule has 0 atom stereocenters. The zero-order valence-corrected chi connectivity index (χ0v) is 14.5. The van der Waals surface area contributed by atoms with E-state index in [1.807, 2.05) is 25.1 Å². The fraction of sp³-hybridized carbons (Fsp3) is 0.211. The van der Waals surface area contributed by atoms with Gasteiger partial charge in [-0.05, 0) is 43.3 Å². The van der Waals surface area contributed by atoms with Crippen LogP contribution in [0, 0.1) is 6.92 Å². The van der Waals surface area contributed by atoms with E-state index in [4.69, 9.17) is 25.2 Å². The SMILES string of the molecule is Cc1ccc(CN(Cc2ccco2)C(=O)COc2ccccc2Cl)o1. The van der Waals surface area contributed by atoms with Crippen molar-refractivity contribution in [3.8, 4) is 5.75 Å². The van der Waals surface area contributed by atoms with Crippen LogP contribution < -0.4 is 4.74 Å². The second-order valence-corrected chi connectivity index (χ2v) is 5.97. The van der Waals surface area contributed by atoms with Gasteiger partial charge in [-0.25, -0.2) is 0 Å². The lowest BCUT2D eigenvalue weighted by Crippen LogP contribution is -2.33. The van der Waals surface area contributed by atoms with Gasteiger partial charge < -0.3 is 18.5 Å². The highest BCUT2D eigenvalue weighted by Crippen LogP contribution is 2.23. The van der Waals surface area contributed by atoms with Crippen molar-refractivity contribution >= 4 is 17.5 Å². The van der Waals surface area contributed by atoms with E-state index in [9.17, 15) is 4.79 Å². The number of hydrogen-bond acceptors (Lipinski definition) is 4. The molecular formula is C19H18ClNO4. The molecule has 0 aliphatic carbocycles. The molecule has 0 spiro atoms. The van der Waals surface area contributed by atoms with Crippen LogP contribution in [0.3, 0.4) is 0 Å². The Morgan fingerprint density at radius 3 is 2.56 bits per heavy atom. The summed E-state index contributed by atoms with van der Waals surface area (Å²) in [5, 5.41) is 0.467. The molecule has 6 heteroatoms. The Bertz CT molecular complexity index is 826. The van der Waals surface area contributed by atoms with Crippen LogP contribution in [0.4, 0.5) is 0 Å². The highest BCUT2D eigenvalue weighted by molar-refractivity contribution is 6.32. The third kappa shape index (κ3) is 4.67. The topological polar surface area (TPSA) is 55.8 Å². The fourth-order valence-corrected chi connectivity index (χ4v) is 2.56. The lowest BCUT2D eigenvalue weighted by atomic mass is 10.3. The number of rotatable bonds is 7. The maximum Gasteiger partial charge on any atom is 0.261 e. The fourth-order valence-electron chi connectivity index (χ4n) is 2.37. The summed E-state index contributed by atoms with van der Waals surface area (Å²) in [5.74, 6) is 2.48. The number of aryl methyl sites for hydroxylation is 1. The van der Waals surface area contributed by atoms with Crippen LogP contribution >= 0.6 is 11.6 Å². The molecule has 2 aromatic heterocycles. The van der Waals surface area contributed by atoms with Crippen LogP contribution in [0.1, 0.15) is 17.3 Å². The number of para-hydroxylation sites is 1. The first kappa shape index (κ1) is 17.2. The van der Waals surface area contributed by atoms with E-state index in [1.165, 1.54) is 0 Å². The Kier molecular flexibility index (Phi) is 5.46. The number of furan rings is 2. The van der Waals surface area contributed by atoms with Crippen LogP contribution in [0.2, 0.25) is 5.02 Å². The van der Waals surface area contributed by atoms with Gasteiger partial charge in [0.2, 0.25) is 0 Å². The molecule has 0 unspecified atom stereocenters. The number of carbonyl (C=O) groups is 1. The van der Waals surface area contributed by atoms with Gasteiger partial charge in [0.05, 0.1) is 24.4 Å². The van der Waals surface area contributed by atoms with Crippen molar-refractivity contribution in [3.05, 3.63) is 77.1 Å². The summed E-state index contributed by atoms with van der Waals surface area (Å²) in [4.78, 5) is 14.3. The monoisotopic (exact) mass is 359 g/mol. The number of hydrogen-bond donors (Lipinski definition) is 0. The predicted octanol–water partition coefficient (Wildman–Crippen LogP) is 4.44. The van der Waals surface area contributed by atoms with E-state index in [0.29, 0.717) is 35.4 Å². The van der Waals surface area contributed by atoms with E-state index in [-0.39, 0.29) is 12.5 Å². The van der Waals surface area contributed by atoms with Gasteiger partial charge in [-0.15, -0.1) is 0 Å². The highest BCUT2D eigenvalue weighted by atomic mass is 35.5. The molecule has 5 nitrogen and oxygen atoms in total. The first-order chi connectivity index (χ1) is 12.1. The van der Waals surface area contributed by atoms with Crippen LogP contribution in [0.15, 0.2) is 63.6 Å². The van der Waals surface area contributed by atoms with Gasteiger partial charge in [0.1, 0.15) is 23.0 Å². The van der Waals surface area contributed by atoms with Crippen molar-refractivity contribution in [2.75, 3.05) is 6.61 Å². The largest absolute Gasteiger partial charge is 0.482 e. The van der Waals surface area contributed by atoms with Crippen molar-refractivity contribution in [3.63, 3.8) is 0 Å². The van der Waals surface area contributed by atoms with Gasteiger partial charge in [0, 0.05) is 0 Å². The van der Waals surface area contributed by atoms with Gasteiger partial charge in [0.25, 0.3) is 5.91 Å². The van der Waals surface area contributed by atoms with Crippen molar-refractivity contribution < 1.29 is 18.4 Å². The molecule has 0 saturated heterocycles. The maximum absolute atomic E-state index is 12.6. The van der Waals surface area contributed by atoms with E-state index in [2.05, 4.69) is 0 Å². The van der Waals surface area contributed by atoms with E-state index >= 15 is 0 Å². The third-order valence-electron chi connectivity index (χ3n) is 3.61. The molecule has 3 aromatic rings. The zero-order chi connectivity index (χ0) is 17.6. The number of nitrogens with zero attached hydrogens (tertiary/aromatic N) is 1. The van der Waals surface area contributed by atoms with Crippen molar-refractivity contribution in [2.24, 2.45) is 0 Å². The molecule has 0 saturated carbocycles. The summed E-state index contributed by atoms with van der Waals surface area (Å²) in [6.45, 7) is 2.41. The van der Waals surface area contributed by atoms with Crippen molar-refractivity contribution in [2.45, 2.75) is 20.0 Å². The second kappa shape index (κ2) is 7.94. The Hall–Kier alpha value is -2.66. The van der Waals surface area contributed by atoms with E-state index < -0.39 is 0 Å². The molecule has 130 valence electrons. The second-order valence-electron chi connectivity index (χ2n) is 5.56. The van der Waals surface area contributed by atoms with Crippen LogP contribution in [-0.2, 0) is 17.9 Å². The molecule has 0 N–H and O–H groups in total. The van der Waals surface area contributed by atoms with Crippen molar-refractivity contribution in [1.29, 1.82) is 0 Å². The van der Waals surface area contributed by atoms with Gasteiger partial charge in [0.15, 0.2) is 6.61 Å². The van der Waals surface area contributed by atoms with Gasteiger partial charge in [-0.1, -0.05) is 23.7 Å². The molecule has 0 aliphatic heterocycles. The van der Waals surface area contributed by atoms with Crippen molar-refractivity contribution in [1.82, 2.24) is 4.90 Å². The summed E-state index contributed by atoms with van der Waals surface area (Å²) < 4.78 is 16.5. The average molecular weight is 360 g/mol. The molecule has 0 bridgehead atoms. The van der Waals surface area contributed by atoms with Crippen LogP contribution in [0.25, 0.3) is 0 Å². The molecule has 0 fully saturated rings. The quantitative estimate of drug-likeness (QED) is 0.625. The van der Waals surface area contributed by atoms with Gasteiger partial charge in [-0.2, -0.15) is 0 Å². The molecule has 0 radical (unpaired) electrons. The summed E-state index contributed by atoms with van der Waals surface area (Å²) in [6, 6.07) is 14.4. The number of carbonyl (C=O) groups excluding carboxylic acids is 1. The Balaban J connectivity index is 1.68. The highest BCUT2D eigenvalue weighted by Gasteiger charge is 2.18. The van der Waals surface area contributed by atoms with Crippen LogP contribution in [-0.4, -0.2) is 17.4 Å². The summed E-state index contributed by atoms with van der Waals surface area (Å²) >= 11 is 6.05. The van der Waals surface area contributed by atoms with Gasteiger partial charge >= 0.3 is 0 Å². The Morgan fingerprint density at radius 2 is 1.88 bits per heavy atom. The summed E-state index contributed by atoms with van der Waals surface area (Å²) in [7, 11) is 0. The summed E-state index contributed by atoms with van der Waals surface area (Å²) in [6.07, 6.45) is 1.58. The standard InChI is InChI=1S/C19H18ClNO4/c1-14-8-9-16(25-14)12-21(11-15-5-4-10-23-15)19(22)13-24-18-7-3-2-6-17(18)20/h2-10H,11-13H2,1H3. The molecule has 2 heterocycles. The molecule has 1 amide bonds. The minimum atomic E-state index is -0.189. The van der Waals surface area contributed by atoms with E-state index in [1.54, 1.807) is 41.5 Å². The van der Waals surface area contributed by atoms with Gasteiger partial charge in [-0.3, -0.25) is 4.79 Å². The smallest absolute Gasteiger partial charge is 0.261 e. The first-order valence-corrected chi connectivity index (χ1v) is 8.22. The lowest BCUT2D eigenvalue weighted by molar-refractivity contribution is -0.135. The number of benzene rings is 1. The number of amides is 1. The van der Waals surface area contributed by atoms with E-state index in [0.717, 1.165) is 5.76 Å². The zero-order valence-electron chi connectivity index (χ0n) is 13.8. The van der Waals surface area contributed by atoms with Crippen LogP contribution in [0.5, 0.6) is 5.75 Å². The molecule has 0 aliphatic rings.